The first kappa shape index (κ1) is 21.8. The van der Waals surface area contributed by atoms with Crippen LogP contribution in [0, 0.1) is 0 Å². The summed E-state index contributed by atoms with van der Waals surface area (Å²) in [6.45, 7) is 1.47. The highest BCUT2D eigenvalue weighted by atomic mass is 35.5. The highest BCUT2D eigenvalue weighted by Crippen LogP contribution is 2.29. The number of anilines is 1. The Bertz CT molecular complexity index is 1110. The number of imide groups is 2. The summed E-state index contributed by atoms with van der Waals surface area (Å²) in [5.41, 5.74) is 6.90. The molecule has 1 saturated heterocycles. The van der Waals surface area contributed by atoms with Crippen LogP contribution < -0.4 is 16.0 Å². The Morgan fingerprint density at radius 3 is 2.66 bits per heavy atom. The van der Waals surface area contributed by atoms with E-state index in [-0.39, 0.29) is 29.1 Å². The Labute approximate surface area is 188 Å². The molecule has 10 nitrogen and oxygen atoms in total. The van der Waals surface area contributed by atoms with Crippen molar-refractivity contribution in [2.75, 3.05) is 18.0 Å². The third-order valence-corrected chi connectivity index (χ3v) is 5.61. The topological polar surface area (TPSA) is 139 Å². The number of hydrogen-bond acceptors (Lipinski definition) is 8. The molecule has 1 unspecified atom stereocenters. The number of piperidine rings is 1. The molecule has 32 heavy (non-hydrogen) atoms. The van der Waals surface area contributed by atoms with Gasteiger partial charge in [0.05, 0.1) is 23.5 Å². The zero-order valence-corrected chi connectivity index (χ0v) is 17.8. The lowest BCUT2D eigenvalue weighted by atomic mass is 10.0. The minimum atomic E-state index is -0.994. The predicted molar refractivity (Wildman–Crippen MR) is 115 cm³/mol. The summed E-state index contributed by atoms with van der Waals surface area (Å²) in [7, 11) is 0. The van der Waals surface area contributed by atoms with Gasteiger partial charge in [-0.25, -0.2) is 4.98 Å². The van der Waals surface area contributed by atoms with Crippen molar-refractivity contribution in [1.29, 1.82) is 0 Å². The Morgan fingerprint density at radius 2 is 1.94 bits per heavy atom. The van der Waals surface area contributed by atoms with Crippen molar-refractivity contribution in [2.24, 2.45) is 5.73 Å². The molecule has 2 aliphatic rings. The van der Waals surface area contributed by atoms with Crippen LogP contribution in [0.15, 0.2) is 30.6 Å². The van der Waals surface area contributed by atoms with Gasteiger partial charge in [-0.15, -0.1) is 0 Å². The number of aromatic nitrogens is 2. The van der Waals surface area contributed by atoms with Crippen LogP contribution in [0.3, 0.4) is 0 Å². The smallest absolute Gasteiger partial charge is 0.262 e. The number of rotatable bonds is 7. The molecular formula is C21H21ClN6O4. The van der Waals surface area contributed by atoms with Crippen molar-refractivity contribution in [2.45, 2.75) is 31.8 Å². The van der Waals surface area contributed by atoms with Gasteiger partial charge in [0.1, 0.15) is 17.0 Å². The van der Waals surface area contributed by atoms with E-state index in [0.717, 1.165) is 10.5 Å². The van der Waals surface area contributed by atoms with E-state index in [1.807, 2.05) is 4.90 Å². The van der Waals surface area contributed by atoms with Crippen LogP contribution in [-0.2, 0) is 16.1 Å². The van der Waals surface area contributed by atoms with E-state index in [9.17, 15) is 19.2 Å². The lowest BCUT2D eigenvalue weighted by Gasteiger charge is -2.27. The summed E-state index contributed by atoms with van der Waals surface area (Å²) in [6, 6.07) is 3.99. The van der Waals surface area contributed by atoms with Gasteiger partial charge in [-0.05, 0) is 37.1 Å². The van der Waals surface area contributed by atoms with Crippen LogP contribution in [0.2, 0.25) is 5.15 Å². The standard InChI is InChI=1S/C21H21ClN6O4/c22-16-9-24-10-17(25-16)27(7-1-6-23)11-12-2-3-13-14(8-12)21(32)28(20(13)31)15-4-5-18(29)26-19(15)30/h2-3,8-10,15H,1,4-7,11,23H2,(H,26,29,30). The van der Waals surface area contributed by atoms with E-state index in [1.54, 1.807) is 24.4 Å². The summed E-state index contributed by atoms with van der Waals surface area (Å²) < 4.78 is 0. The Morgan fingerprint density at radius 1 is 1.16 bits per heavy atom. The maximum absolute atomic E-state index is 13.0. The van der Waals surface area contributed by atoms with Gasteiger partial charge in [-0.3, -0.25) is 34.4 Å². The molecule has 3 heterocycles. The monoisotopic (exact) mass is 456 g/mol. The fourth-order valence-corrected chi connectivity index (χ4v) is 4.02. The molecule has 1 fully saturated rings. The third-order valence-electron chi connectivity index (χ3n) is 5.43. The van der Waals surface area contributed by atoms with E-state index < -0.39 is 29.7 Å². The lowest BCUT2D eigenvalue weighted by Crippen LogP contribution is -2.54. The highest BCUT2D eigenvalue weighted by Gasteiger charge is 2.44. The average molecular weight is 457 g/mol. The van der Waals surface area contributed by atoms with Crippen LogP contribution in [0.4, 0.5) is 5.82 Å². The van der Waals surface area contributed by atoms with Crippen LogP contribution in [0.1, 0.15) is 45.5 Å². The predicted octanol–water partition coefficient (Wildman–Crippen LogP) is 0.887. The van der Waals surface area contributed by atoms with E-state index >= 15 is 0 Å². The fraction of sp³-hybridized carbons (Fsp3) is 0.333. The lowest BCUT2D eigenvalue weighted by molar-refractivity contribution is -0.136. The van der Waals surface area contributed by atoms with Crippen molar-refractivity contribution in [1.82, 2.24) is 20.2 Å². The summed E-state index contributed by atoms with van der Waals surface area (Å²) in [5.74, 6) is -1.56. The average Bonchev–Trinajstić information content (AvgIpc) is 3.01. The minimum Gasteiger partial charge on any atom is -0.351 e. The SMILES string of the molecule is NCCCN(Cc1ccc2c(c1)C(=O)N(C1CCC(=O)NC1=O)C2=O)c1cncc(Cl)n1. The second kappa shape index (κ2) is 9.01. The fourth-order valence-electron chi connectivity index (χ4n) is 3.88. The molecule has 0 spiro atoms. The van der Waals surface area contributed by atoms with E-state index in [4.69, 9.17) is 17.3 Å². The Kier molecular flexibility index (Phi) is 6.15. The van der Waals surface area contributed by atoms with Crippen molar-refractivity contribution in [3.8, 4) is 0 Å². The van der Waals surface area contributed by atoms with Gasteiger partial charge in [0.15, 0.2) is 0 Å². The molecule has 11 heteroatoms. The van der Waals surface area contributed by atoms with Gasteiger partial charge in [0, 0.05) is 19.5 Å². The highest BCUT2D eigenvalue weighted by molar-refractivity contribution is 6.29. The minimum absolute atomic E-state index is 0.0752. The van der Waals surface area contributed by atoms with Gasteiger partial charge in [0.25, 0.3) is 11.8 Å². The third kappa shape index (κ3) is 4.19. The first-order valence-electron chi connectivity index (χ1n) is 10.2. The maximum Gasteiger partial charge on any atom is 0.262 e. The maximum atomic E-state index is 13.0. The summed E-state index contributed by atoms with van der Waals surface area (Å²) in [4.78, 5) is 60.8. The zero-order valence-electron chi connectivity index (χ0n) is 17.1. The molecule has 2 aromatic rings. The number of halogens is 1. The summed E-state index contributed by atoms with van der Waals surface area (Å²) >= 11 is 5.98. The van der Waals surface area contributed by atoms with Crippen LogP contribution in [0.25, 0.3) is 0 Å². The second-order valence-electron chi connectivity index (χ2n) is 7.59. The molecule has 0 bridgehead atoms. The number of nitrogens with zero attached hydrogens (tertiary/aromatic N) is 4. The van der Waals surface area contributed by atoms with Crippen LogP contribution >= 0.6 is 11.6 Å². The summed E-state index contributed by atoms with van der Waals surface area (Å²) in [5, 5.41) is 2.45. The molecule has 0 radical (unpaired) electrons. The van der Waals surface area contributed by atoms with Gasteiger partial charge in [0.2, 0.25) is 11.8 Å². The number of nitrogens with one attached hydrogen (secondary N) is 1. The van der Waals surface area contributed by atoms with Crippen LogP contribution in [-0.4, -0.2) is 57.6 Å². The van der Waals surface area contributed by atoms with Crippen molar-refractivity contribution < 1.29 is 19.2 Å². The van der Waals surface area contributed by atoms with Gasteiger partial charge >= 0.3 is 0 Å². The number of nitrogens with two attached hydrogens (primary N) is 1. The van der Waals surface area contributed by atoms with Crippen molar-refractivity contribution in [3.63, 3.8) is 0 Å². The van der Waals surface area contributed by atoms with Crippen LogP contribution in [0.5, 0.6) is 0 Å². The molecule has 0 aliphatic carbocycles. The molecule has 1 aromatic carbocycles. The number of benzene rings is 1. The summed E-state index contributed by atoms with van der Waals surface area (Å²) in [6.07, 6.45) is 3.93. The molecule has 4 amide bonds. The molecule has 2 aliphatic heterocycles. The molecular weight excluding hydrogens is 436 g/mol. The normalized spacial score (nSPS) is 18.1. The Hall–Kier alpha value is -3.37. The quantitative estimate of drug-likeness (QED) is 0.585. The molecule has 3 N–H and O–H groups in total. The number of carbonyl (C=O) groups is 4. The van der Waals surface area contributed by atoms with E-state index in [2.05, 4.69) is 15.3 Å². The number of amides is 4. The number of hydrogen-bond donors (Lipinski definition) is 2. The number of fused-ring (bicyclic) bond motifs is 1. The second-order valence-corrected chi connectivity index (χ2v) is 7.98. The van der Waals surface area contributed by atoms with Crippen molar-refractivity contribution >= 4 is 41.0 Å². The van der Waals surface area contributed by atoms with E-state index in [0.29, 0.717) is 31.9 Å². The molecule has 1 atom stereocenters. The van der Waals surface area contributed by atoms with Gasteiger partial charge in [-0.1, -0.05) is 17.7 Å². The first-order chi connectivity index (χ1) is 15.4. The first-order valence-corrected chi connectivity index (χ1v) is 10.5. The zero-order chi connectivity index (χ0) is 22.8. The number of carbonyl (C=O) groups excluding carboxylic acids is 4. The molecule has 4 rings (SSSR count). The van der Waals surface area contributed by atoms with Gasteiger partial charge < -0.3 is 10.6 Å². The van der Waals surface area contributed by atoms with Crippen molar-refractivity contribution in [3.05, 3.63) is 52.4 Å². The molecule has 1 aromatic heterocycles. The molecule has 166 valence electrons. The Balaban J connectivity index is 1.58. The van der Waals surface area contributed by atoms with Gasteiger partial charge in [-0.2, -0.15) is 0 Å². The molecule has 0 saturated carbocycles. The largest absolute Gasteiger partial charge is 0.351 e. The van der Waals surface area contributed by atoms with E-state index in [1.165, 1.54) is 6.20 Å².